The van der Waals surface area contributed by atoms with Gasteiger partial charge in [0.15, 0.2) is 10.9 Å². The van der Waals surface area contributed by atoms with Crippen LogP contribution in [0.3, 0.4) is 0 Å². The van der Waals surface area contributed by atoms with Crippen molar-refractivity contribution in [1.82, 2.24) is 9.78 Å². The Morgan fingerprint density at radius 2 is 1.69 bits per heavy atom. The van der Waals surface area contributed by atoms with Crippen LogP contribution in [0.5, 0.6) is 0 Å². The van der Waals surface area contributed by atoms with E-state index < -0.39 is 0 Å². The van der Waals surface area contributed by atoms with Crippen LogP contribution in [-0.2, 0) is 5.54 Å². The van der Waals surface area contributed by atoms with Crippen molar-refractivity contribution in [2.24, 2.45) is 17.8 Å². The third kappa shape index (κ3) is 2.82. The molecular formula is C21H26N4S. The molecule has 0 unspecified atom stereocenters. The van der Waals surface area contributed by atoms with Crippen LogP contribution in [-0.4, -0.2) is 14.9 Å². The van der Waals surface area contributed by atoms with E-state index >= 15 is 0 Å². The van der Waals surface area contributed by atoms with Crippen LogP contribution in [0.2, 0.25) is 0 Å². The highest BCUT2D eigenvalue weighted by molar-refractivity contribution is 7.80. The third-order valence-electron chi connectivity index (χ3n) is 6.72. The molecule has 0 amide bonds. The molecule has 4 aliphatic carbocycles. The van der Waals surface area contributed by atoms with Gasteiger partial charge in [0, 0.05) is 18.0 Å². The highest BCUT2D eigenvalue weighted by Gasteiger charge is 2.52. The zero-order valence-electron chi connectivity index (χ0n) is 15.2. The van der Waals surface area contributed by atoms with Crippen molar-refractivity contribution in [2.45, 2.75) is 51.0 Å². The van der Waals surface area contributed by atoms with Crippen LogP contribution in [0, 0.1) is 24.7 Å². The van der Waals surface area contributed by atoms with E-state index in [-0.39, 0.29) is 5.54 Å². The van der Waals surface area contributed by atoms with Crippen molar-refractivity contribution in [3.63, 3.8) is 0 Å². The molecule has 2 N–H and O–H groups in total. The average molecular weight is 367 g/mol. The summed E-state index contributed by atoms with van der Waals surface area (Å²) in [5.41, 5.74) is 2.47. The summed E-state index contributed by atoms with van der Waals surface area (Å²) in [6.07, 6.45) is 10.5. The molecule has 1 aromatic heterocycles. The SMILES string of the molecule is Cc1ccccc1NC(=S)Nc1ccn(C23CC4CC(CC(C4)C2)C3)n1. The van der Waals surface area contributed by atoms with Crippen molar-refractivity contribution < 1.29 is 0 Å². The first-order chi connectivity index (χ1) is 12.6. The lowest BCUT2D eigenvalue weighted by atomic mass is 9.53. The van der Waals surface area contributed by atoms with E-state index in [4.69, 9.17) is 17.3 Å². The van der Waals surface area contributed by atoms with Crippen molar-refractivity contribution in [3.8, 4) is 0 Å². The number of rotatable bonds is 3. The Kier molecular flexibility index (Phi) is 3.82. The average Bonchev–Trinajstić information content (AvgIpc) is 3.05. The fourth-order valence-electron chi connectivity index (χ4n) is 5.98. The van der Waals surface area contributed by atoms with Crippen LogP contribution in [0.15, 0.2) is 36.5 Å². The summed E-state index contributed by atoms with van der Waals surface area (Å²) < 4.78 is 2.26. The Balaban J connectivity index is 1.30. The quantitative estimate of drug-likeness (QED) is 0.756. The van der Waals surface area contributed by atoms with Gasteiger partial charge in [-0.05, 0) is 87.1 Å². The molecule has 26 heavy (non-hydrogen) atoms. The lowest BCUT2D eigenvalue weighted by Gasteiger charge is -2.56. The number of nitrogens with one attached hydrogen (secondary N) is 2. The van der Waals surface area contributed by atoms with Crippen LogP contribution >= 0.6 is 12.2 Å². The van der Waals surface area contributed by atoms with E-state index in [0.29, 0.717) is 5.11 Å². The van der Waals surface area contributed by atoms with E-state index in [1.807, 2.05) is 18.2 Å². The zero-order chi connectivity index (χ0) is 17.7. The fraction of sp³-hybridized carbons (Fsp3) is 0.524. The molecule has 4 saturated carbocycles. The molecule has 0 spiro atoms. The molecule has 1 aromatic carbocycles. The maximum atomic E-state index is 5.48. The summed E-state index contributed by atoms with van der Waals surface area (Å²) in [5.74, 6) is 3.61. The minimum atomic E-state index is 0.264. The summed E-state index contributed by atoms with van der Waals surface area (Å²) in [6.45, 7) is 2.08. The van der Waals surface area contributed by atoms with Crippen LogP contribution in [0.25, 0.3) is 0 Å². The molecular weight excluding hydrogens is 340 g/mol. The molecule has 1 heterocycles. The van der Waals surface area contributed by atoms with Crippen molar-refractivity contribution in [1.29, 1.82) is 0 Å². The number of aryl methyl sites for hydroxylation is 1. The fourth-order valence-corrected chi connectivity index (χ4v) is 6.20. The predicted molar refractivity (Wildman–Crippen MR) is 109 cm³/mol. The standard InChI is InChI=1S/C21H26N4S/c1-14-4-2-3-5-18(14)22-20(26)23-19-6-7-25(24-19)21-11-15-8-16(12-21)10-17(9-15)13-21/h2-7,15-17H,8-13H2,1H3,(H2,22,23,24,26). The van der Waals surface area contributed by atoms with E-state index in [1.165, 1.54) is 44.1 Å². The lowest BCUT2D eigenvalue weighted by Crippen LogP contribution is -2.52. The Labute approximate surface area is 160 Å². The smallest absolute Gasteiger partial charge is 0.176 e. The van der Waals surface area contributed by atoms with Crippen LogP contribution < -0.4 is 10.6 Å². The van der Waals surface area contributed by atoms with Gasteiger partial charge < -0.3 is 10.6 Å². The van der Waals surface area contributed by atoms with Crippen molar-refractivity contribution in [3.05, 3.63) is 42.1 Å². The summed E-state index contributed by atoms with van der Waals surface area (Å²) in [7, 11) is 0. The van der Waals surface area contributed by atoms with Gasteiger partial charge in [-0.15, -0.1) is 0 Å². The number of nitrogens with zero attached hydrogens (tertiary/aromatic N) is 2. The van der Waals surface area contributed by atoms with Gasteiger partial charge in [0.1, 0.15) is 0 Å². The molecule has 4 nitrogen and oxygen atoms in total. The van der Waals surface area contributed by atoms with Gasteiger partial charge in [-0.2, -0.15) is 5.10 Å². The second kappa shape index (κ2) is 6.08. The largest absolute Gasteiger partial charge is 0.332 e. The molecule has 4 fully saturated rings. The Morgan fingerprint density at radius 3 is 2.35 bits per heavy atom. The topological polar surface area (TPSA) is 41.9 Å². The minimum Gasteiger partial charge on any atom is -0.332 e. The Hall–Kier alpha value is -1.88. The first-order valence-corrected chi connectivity index (χ1v) is 10.2. The lowest BCUT2D eigenvalue weighted by molar-refractivity contribution is -0.0492. The number of para-hydroxylation sites is 1. The molecule has 4 aliphatic rings. The summed E-state index contributed by atoms with van der Waals surface area (Å²) in [5, 5.41) is 12.0. The van der Waals surface area contributed by atoms with E-state index in [0.717, 1.165) is 29.3 Å². The van der Waals surface area contributed by atoms with Gasteiger partial charge in [0.05, 0.1) is 5.54 Å². The van der Waals surface area contributed by atoms with Crippen molar-refractivity contribution >= 4 is 28.8 Å². The van der Waals surface area contributed by atoms with E-state index in [2.05, 4.69) is 40.6 Å². The van der Waals surface area contributed by atoms with E-state index in [1.54, 1.807) is 0 Å². The van der Waals surface area contributed by atoms with Crippen molar-refractivity contribution in [2.75, 3.05) is 10.6 Å². The van der Waals surface area contributed by atoms with Gasteiger partial charge in [-0.3, -0.25) is 4.68 Å². The highest BCUT2D eigenvalue weighted by Crippen LogP contribution is 2.58. The molecule has 6 rings (SSSR count). The molecule has 0 radical (unpaired) electrons. The summed E-state index contributed by atoms with van der Waals surface area (Å²) in [6, 6.07) is 10.2. The highest BCUT2D eigenvalue weighted by atomic mass is 32.1. The molecule has 5 heteroatoms. The van der Waals surface area contributed by atoms with E-state index in [9.17, 15) is 0 Å². The number of anilines is 2. The van der Waals surface area contributed by atoms with Gasteiger partial charge in [-0.1, -0.05) is 18.2 Å². The summed E-state index contributed by atoms with van der Waals surface area (Å²) >= 11 is 5.48. The first kappa shape index (κ1) is 16.3. The second-order valence-electron chi connectivity index (χ2n) is 8.68. The molecule has 0 atom stereocenters. The second-order valence-corrected chi connectivity index (χ2v) is 9.09. The van der Waals surface area contributed by atoms with Gasteiger partial charge in [0.2, 0.25) is 0 Å². The number of aromatic nitrogens is 2. The zero-order valence-corrected chi connectivity index (χ0v) is 16.1. The maximum absolute atomic E-state index is 5.48. The molecule has 0 aliphatic heterocycles. The number of thiocarbonyl (C=S) groups is 1. The molecule has 4 bridgehead atoms. The Bertz CT molecular complexity index is 805. The Morgan fingerprint density at radius 1 is 1.04 bits per heavy atom. The number of hydrogen-bond acceptors (Lipinski definition) is 2. The van der Waals surface area contributed by atoms with Crippen LogP contribution in [0.1, 0.15) is 44.1 Å². The molecule has 136 valence electrons. The minimum absolute atomic E-state index is 0.264. The summed E-state index contributed by atoms with van der Waals surface area (Å²) in [4.78, 5) is 0. The maximum Gasteiger partial charge on any atom is 0.176 e. The monoisotopic (exact) mass is 366 g/mol. The molecule has 2 aromatic rings. The first-order valence-electron chi connectivity index (χ1n) is 9.79. The normalized spacial score (nSPS) is 31.8. The number of benzene rings is 1. The number of hydrogen-bond donors (Lipinski definition) is 2. The molecule has 0 saturated heterocycles. The van der Waals surface area contributed by atoms with Crippen LogP contribution in [0.4, 0.5) is 11.5 Å². The van der Waals surface area contributed by atoms with Gasteiger partial charge in [0.25, 0.3) is 0 Å². The van der Waals surface area contributed by atoms with Gasteiger partial charge in [-0.25, -0.2) is 0 Å². The van der Waals surface area contributed by atoms with Gasteiger partial charge >= 0.3 is 0 Å². The predicted octanol–water partition coefficient (Wildman–Crippen LogP) is 4.93. The third-order valence-corrected chi connectivity index (χ3v) is 6.92.